The number of nitrogens with zero attached hydrogens (tertiary/aromatic N) is 1. The maximum absolute atomic E-state index is 12.8. The van der Waals surface area contributed by atoms with Crippen molar-refractivity contribution in [1.29, 1.82) is 0 Å². The Morgan fingerprint density at radius 3 is 2.28 bits per heavy atom. The molecule has 1 aliphatic rings. The molecule has 1 saturated heterocycles. The molecule has 3 rings (SSSR count). The van der Waals surface area contributed by atoms with Gasteiger partial charge in [0.2, 0.25) is 5.91 Å². The molecule has 0 radical (unpaired) electrons. The Labute approximate surface area is 172 Å². The summed E-state index contributed by atoms with van der Waals surface area (Å²) in [5.74, 6) is -0.565. The van der Waals surface area contributed by atoms with Crippen molar-refractivity contribution in [2.75, 3.05) is 13.1 Å². The number of carbonyl (C=O) groups is 2. The zero-order valence-electron chi connectivity index (χ0n) is 17.0. The largest absolute Gasteiger partial charge is 0.347 e. The molecule has 0 aliphatic carbocycles. The fourth-order valence-corrected chi connectivity index (χ4v) is 3.58. The Morgan fingerprint density at radius 2 is 1.59 bits per heavy atom. The Bertz CT molecular complexity index is 855. The van der Waals surface area contributed by atoms with Gasteiger partial charge in [-0.25, -0.2) is 0 Å². The molecule has 1 heterocycles. The Balaban J connectivity index is 1.68. The molecule has 152 valence electrons. The van der Waals surface area contributed by atoms with Crippen LogP contribution in [0.1, 0.15) is 42.9 Å². The van der Waals surface area contributed by atoms with Gasteiger partial charge in [0.05, 0.1) is 0 Å². The standard InChI is InChI=1S/C24H29N3O2/c1-19(28)26-23(16-20-10-4-2-5-11-20)24(29)25-17-21-12-6-7-13-22(21)18-27-14-8-3-9-15-27/h2,4-7,10-13,16H,3,8-9,14-15,17-18H2,1H3,(H,25,29)(H,26,28)/b23-16-. The summed E-state index contributed by atoms with van der Waals surface area (Å²) in [6.07, 6.45) is 5.51. The first-order chi connectivity index (χ1) is 14.1. The van der Waals surface area contributed by atoms with E-state index < -0.39 is 0 Å². The van der Waals surface area contributed by atoms with Crippen molar-refractivity contribution < 1.29 is 9.59 Å². The van der Waals surface area contributed by atoms with Crippen LogP contribution < -0.4 is 10.6 Å². The van der Waals surface area contributed by atoms with Crippen molar-refractivity contribution in [3.63, 3.8) is 0 Å². The summed E-state index contributed by atoms with van der Waals surface area (Å²) in [6, 6.07) is 17.7. The lowest BCUT2D eigenvalue weighted by Gasteiger charge is -2.27. The van der Waals surface area contributed by atoms with Crippen molar-refractivity contribution in [2.45, 2.75) is 39.3 Å². The van der Waals surface area contributed by atoms with E-state index in [4.69, 9.17) is 0 Å². The second-order valence-corrected chi connectivity index (χ2v) is 7.44. The van der Waals surface area contributed by atoms with Crippen molar-refractivity contribution in [2.24, 2.45) is 0 Å². The van der Waals surface area contributed by atoms with Crippen molar-refractivity contribution >= 4 is 17.9 Å². The maximum atomic E-state index is 12.8. The van der Waals surface area contributed by atoms with E-state index in [0.29, 0.717) is 6.54 Å². The monoisotopic (exact) mass is 391 g/mol. The number of hydrogen-bond donors (Lipinski definition) is 2. The predicted molar refractivity (Wildman–Crippen MR) is 116 cm³/mol. The molecule has 2 aromatic carbocycles. The number of piperidine rings is 1. The molecular weight excluding hydrogens is 362 g/mol. The maximum Gasteiger partial charge on any atom is 0.268 e. The third-order valence-corrected chi connectivity index (χ3v) is 5.07. The highest BCUT2D eigenvalue weighted by Crippen LogP contribution is 2.16. The van der Waals surface area contributed by atoms with E-state index in [1.165, 1.54) is 31.7 Å². The van der Waals surface area contributed by atoms with E-state index >= 15 is 0 Å². The lowest BCUT2D eigenvalue weighted by Crippen LogP contribution is -2.34. The van der Waals surface area contributed by atoms with Crippen LogP contribution in [0.3, 0.4) is 0 Å². The molecule has 1 fully saturated rings. The highest BCUT2D eigenvalue weighted by Gasteiger charge is 2.14. The topological polar surface area (TPSA) is 61.4 Å². The normalized spacial score (nSPS) is 15.0. The molecule has 0 atom stereocenters. The van der Waals surface area contributed by atoms with Crippen LogP contribution >= 0.6 is 0 Å². The fourth-order valence-electron chi connectivity index (χ4n) is 3.58. The molecule has 29 heavy (non-hydrogen) atoms. The van der Waals surface area contributed by atoms with Crippen LogP contribution in [0, 0.1) is 0 Å². The minimum atomic E-state index is -0.295. The first kappa shape index (κ1) is 20.8. The summed E-state index contributed by atoms with van der Waals surface area (Å²) in [7, 11) is 0. The van der Waals surface area contributed by atoms with E-state index in [1.807, 2.05) is 42.5 Å². The molecule has 5 nitrogen and oxygen atoms in total. The molecule has 0 bridgehead atoms. The number of benzene rings is 2. The van der Waals surface area contributed by atoms with Crippen LogP contribution in [0.5, 0.6) is 0 Å². The third kappa shape index (κ3) is 6.57. The molecule has 0 aromatic heterocycles. The fraction of sp³-hybridized carbons (Fsp3) is 0.333. The van der Waals surface area contributed by atoms with Gasteiger partial charge in [0.1, 0.15) is 5.70 Å². The minimum absolute atomic E-state index is 0.247. The summed E-state index contributed by atoms with van der Waals surface area (Å²) in [4.78, 5) is 26.8. The first-order valence-corrected chi connectivity index (χ1v) is 10.2. The first-order valence-electron chi connectivity index (χ1n) is 10.2. The van der Waals surface area contributed by atoms with E-state index in [2.05, 4.69) is 27.7 Å². The van der Waals surface area contributed by atoms with Gasteiger partial charge in [-0.05, 0) is 48.7 Å². The lowest BCUT2D eigenvalue weighted by molar-refractivity contribution is -0.122. The molecular formula is C24H29N3O2. The minimum Gasteiger partial charge on any atom is -0.347 e. The van der Waals surface area contributed by atoms with Crippen LogP contribution in [-0.2, 0) is 22.7 Å². The van der Waals surface area contributed by atoms with Crippen LogP contribution in [0.4, 0.5) is 0 Å². The average Bonchev–Trinajstić information content (AvgIpc) is 2.73. The molecule has 0 saturated carbocycles. The number of nitrogens with one attached hydrogen (secondary N) is 2. The number of carbonyl (C=O) groups excluding carboxylic acids is 2. The van der Waals surface area contributed by atoms with Crippen molar-refractivity contribution in [3.05, 3.63) is 77.0 Å². The average molecular weight is 392 g/mol. The Hall–Kier alpha value is -2.92. The summed E-state index contributed by atoms with van der Waals surface area (Å²) in [6.45, 7) is 5.00. The van der Waals surface area contributed by atoms with E-state index in [1.54, 1.807) is 6.08 Å². The van der Waals surface area contributed by atoms with Crippen LogP contribution in [-0.4, -0.2) is 29.8 Å². The lowest BCUT2D eigenvalue weighted by atomic mass is 10.0. The Kier molecular flexibility index (Phi) is 7.59. The number of hydrogen-bond acceptors (Lipinski definition) is 3. The van der Waals surface area contributed by atoms with Gasteiger partial charge in [-0.2, -0.15) is 0 Å². The molecule has 1 aliphatic heterocycles. The highest BCUT2D eigenvalue weighted by atomic mass is 16.2. The van der Waals surface area contributed by atoms with Gasteiger partial charge in [-0.1, -0.05) is 61.0 Å². The van der Waals surface area contributed by atoms with Crippen molar-refractivity contribution in [1.82, 2.24) is 15.5 Å². The van der Waals surface area contributed by atoms with Gasteiger partial charge in [0.25, 0.3) is 5.91 Å². The highest BCUT2D eigenvalue weighted by molar-refractivity contribution is 6.00. The van der Waals surface area contributed by atoms with Gasteiger partial charge < -0.3 is 10.6 Å². The quantitative estimate of drug-likeness (QED) is 0.711. The summed E-state index contributed by atoms with van der Waals surface area (Å²) < 4.78 is 0. The van der Waals surface area contributed by atoms with Gasteiger partial charge in [0, 0.05) is 20.0 Å². The zero-order chi connectivity index (χ0) is 20.5. The van der Waals surface area contributed by atoms with Crippen LogP contribution in [0.25, 0.3) is 6.08 Å². The molecule has 0 spiro atoms. The van der Waals surface area contributed by atoms with E-state index in [-0.39, 0.29) is 17.5 Å². The SMILES string of the molecule is CC(=O)N/C(=C\c1ccccc1)C(=O)NCc1ccccc1CN1CCCCC1. The smallest absolute Gasteiger partial charge is 0.268 e. The molecule has 2 amide bonds. The molecule has 5 heteroatoms. The number of likely N-dealkylation sites (tertiary alicyclic amines) is 1. The van der Waals surface area contributed by atoms with Gasteiger partial charge in [0.15, 0.2) is 0 Å². The van der Waals surface area contributed by atoms with Crippen LogP contribution in [0.15, 0.2) is 60.3 Å². The third-order valence-electron chi connectivity index (χ3n) is 5.07. The second kappa shape index (κ2) is 10.6. The van der Waals surface area contributed by atoms with Gasteiger partial charge in [-0.15, -0.1) is 0 Å². The van der Waals surface area contributed by atoms with Gasteiger partial charge >= 0.3 is 0 Å². The van der Waals surface area contributed by atoms with E-state index in [9.17, 15) is 9.59 Å². The summed E-state index contributed by atoms with van der Waals surface area (Å²) in [5, 5.41) is 5.61. The summed E-state index contributed by atoms with van der Waals surface area (Å²) >= 11 is 0. The van der Waals surface area contributed by atoms with E-state index in [0.717, 1.165) is 30.8 Å². The second-order valence-electron chi connectivity index (χ2n) is 7.44. The predicted octanol–water partition coefficient (Wildman–Crippen LogP) is 3.47. The number of amides is 2. The van der Waals surface area contributed by atoms with Crippen LogP contribution in [0.2, 0.25) is 0 Å². The van der Waals surface area contributed by atoms with Gasteiger partial charge in [-0.3, -0.25) is 14.5 Å². The molecule has 0 unspecified atom stereocenters. The summed E-state index contributed by atoms with van der Waals surface area (Å²) in [5.41, 5.74) is 3.45. The zero-order valence-corrected chi connectivity index (χ0v) is 17.0. The number of rotatable bonds is 7. The molecule has 2 aromatic rings. The Morgan fingerprint density at radius 1 is 0.931 bits per heavy atom. The van der Waals surface area contributed by atoms with Crippen molar-refractivity contribution in [3.8, 4) is 0 Å². The molecule has 2 N–H and O–H groups in total.